The molecule has 0 N–H and O–H groups in total. The fourth-order valence-electron chi connectivity index (χ4n) is 1.88. The zero-order valence-electron chi connectivity index (χ0n) is 11.1. The summed E-state index contributed by atoms with van der Waals surface area (Å²) in [6.07, 6.45) is 2.48. The van der Waals surface area contributed by atoms with Crippen LogP contribution in [0, 0.1) is 0 Å². The van der Waals surface area contributed by atoms with E-state index in [1.165, 1.54) is 18.4 Å². The van der Waals surface area contributed by atoms with E-state index in [4.69, 9.17) is 16.3 Å². The first-order valence-electron chi connectivity index (χ1n) is 6.33. The molecule has 1 aliphatic rings. The highest BCUT2D eigenvalue weighted by Crippen LogP contribution is 2.41. The third-order valence-corrected chi connectivity index (χ3v) is 3.30. The molecule has 1 aromatic rings. The smallest absolute Gasteiger partial charge is 0.329 e. The van der Waals surface area contributed by atoms with E-state index in [0.29, 0.717) is 5.92 Å². The molecular formula is C15H19ClO2. The summed E-state index contributed by atoms with van der Waals surface area (Å²) < 4.78 is 5.30. The highest BCUT2D eigenvalue weighted by Gasteiger charge is 2.27. The Bertz CT molecular complexity index is 444. The van der Waals surface area contributed by atoms with Crippen LogP contribution < -0.4 is 0 Å². The maximum Gasteiger partial charge on any atom is 0.329 e. The predicted molar refractivity (Wildman–Crippen MR) is 72.9 cm³/mol. The quantitative estimate of drug-likeness (QED) is 0.606. The first kappa shape index (κ1) is 13.4. The third-order valence-electron chi connectivity index (χ3n) is 2.87. The zero-order chi connectivity index (χ0) is 13.3. The third kappa shape index (κ3) is 3.49. The summed E-state index contributed by atoms with van der Waals surface area (Å²) in [4.78, 5) is 11.9. The molecule has 98 valence electrons. The summed E-state index contributed by atoms with van der Waals surface area (Å²) in [5.41, 5.74) is 1.61. The Morgan fingerprint density at radius 3 is 2.61 bits per heavy atom. The first-order valence-corrected chi connectivity index (χ1v) is 6.77. The fraction of sp³-hybridized carbons (Fsp3) is 0.533. The molecule has 1 saturated carbocycles. The van der Waals surface area contributed by atoms with E-state index in [0.717, 1.165) is 5.56 Å². The van der Waals surface area contributed by atoms with Gasteiger partial charge in [0.2, 0.25) is 0 Å². The van der Waals surface area contributed by atoms with Crippen LogP contribution in [0.5, 0.6) is 0 Å². The van der Waals surface area contributed by atoms with Gasteiger partial charge in [0.25, 0.3) is 0 Å². The number of esters is 1. The second kappa shape index (κ2) is 4.93. The van der Waals surface area contributed by atoms with Gasteiger partial charge < -0.3 is 4.74 Å². The number of ether oxygens (including phenoxy) is 1. The van der Waals surface area contributed by atoms with Crippen molar-refractivity contribution in [1.29, 1.82) is 0 Å². The van der Waals surface area contributed by atoms with Crippen molar-refractivity contribution < 1.29 is 9.53 Å². The monoisotopic (exact) mass is 266 g/mol. The molecule has 2 nitrogen and oxygen atoms in total. The minimum absolute atomic E-state index is 0.378. The van der Waals surface area contributed by atoms with Crippen LogP contribution >= 0.6 is 11.6 Å². The number of halogens is 1. The molecule has 0 aromatic heterocycles. The summed E-state index contributed by atoms with van der Waals surface area (Å²) in [6.45, 7) is 5.53. The van der Waals surface area contributed by atoms with Crippen LogP contribution in [0.4, 0.5) is 0 Å². The molecular weight excluding hydrogens is 248 g/mol. The van der Waals surface area contributed by atoms with Gasteiger partial charge in [0.1, 0.15) is 5.60 Å². The molecule has 0 spiro atoms. The van der Waals surface area contributed by atoms with Crippen LogP contribution in [-0.2, 0) is 9.53 Å². The number of rotatable bonds is 3. The summed E-state index contributed by atoms with van der Waals surface area (Å²) in [7, 11) is 0. The molecule has 0 heterocycles. The van der Waals surface area contributed by atoms with Crippen LogP contribution in [0.3, 0.4) is 0 Å². The number of alkyl halides is 1. The largest absolute Gasteiger partial charge is 0.459 e. The molecule has 0 radical (unpaired) electrons. The van der Waals surface area contributed by atoms with Crippen molar-refractivity contribution in [1.82, 2.24) is 0 Å². The molecule has 0 amide bonds. The number of hydrogen-bond donors (Lipinski definition) is 0. The molecule has 1 aliphatic carbocycles. The van der Waals surface area contributed by atoms with Crippen molar-refractivity contribution in [2.45, 2.75) is 50.5 Å². The van der Waals surface area contributed by atoms with Crippen LogP contribution in [0.2, 0.25) is 0 Å². The Balaban J connectivity index is 2.10. The average molecular weight is 267 g/mol. The van der Waals surface area contributed by atoms with E-state index in [9.17, 15) is 4.79 Å². The van der Waals surface area contributed by atoms with E-state index in [-0.39, 0.29) is 5.97 Å². The van der Waals surface area contributed by atoms with Crippen molar-refractivity contribution in [2.24, 2.45) is 0 Å². The predicted octanol–water partition coefficient (Wildman–Crippen LogP) is 4.19. The highest BCUT2D eigenvalue weighted by atomic mass is 35.5. The second-order valence-electron chi connectivity index (χ2n) is 5.84. The average Bonchev–Trinajstić information content (AvgIpc) is 3.09. The van der Waals surface area contributed by atoms with Crippen LogP contribution in [-0.4, -0.2) is 11.6 Å². The Morgan fingerprint density at radius 1 is 1.39 bits per heavy atom. The number of hydrogen-bond acceptors (Lipinski definition) is 2. The molecule has 2 rings (SSSR count). The number of benzene rings is 1. The molecule has 0 bridgehead atoms. The molecule has 1 aromatic carbocycles. The first-order chi connectivity index (χ1) is 8.37. The molecule has 18 heavy (non-hydrogen) atoms. The van der Waals surface area contributed by atoms with Crippen LogP contribution in [0.25, 0.3) is 0 Å². The van der Waals surface area contributed by atoms with Crippen LogP contribution in [0.15, 0.2) is 24.3 Å². The minimum Gasteiger partial charge on any atom is -0.459 e. The Labute approximate surface area is 113 Å². The van der Waals surface area contributed by atoms with Gasteiger partial charge in [-0.3, -0.25) is 4.79 Å². The molecule has 1 unspecified atom stereocenters. The van der Waals surface area contributed by atoms with Gasteiger partial charge in [-0.1, -0.05) is 24.3 Å². The lowest BCUT2D eigenvalue weighted by Gasteiger charge is -2.21. The van der Waals surface area contributed by atoms with Crippen molar-refractivity contribution in [3.63, 3.8) is 0 Å². The topological polar surface area (TPSA) is 26.3 Å². The van der Waals surface area contributed by atoms with Crippen LogP contribution in [0.1, 0.15) is 56.0 Å². The van der Waals surface area contributed by atoms with Gasteiger partial charge in [0.15, 0.2) is 5.38 Å². The molecule has 3 heteroatoms. The van der Waals surface area contributed by atoms with Gasteiger partial charge in [-0.25, -0.2) is 0 Å². The maximum atomic E-state index is 11.9. The van der Waals surface area contributed by atoms with Gasteiger partial charge >= 0.3 is 5.97 Å². The van der Waals surface area contributed by atoms with E-state index in [1.54, 1.807) is 0 Å². The lowest BCUT2D eigenvalue weighted by Crippen LogP contribution is -2.26. The summed E-state index contributed by atoms with van der Waals surface area (Å²) in [6, 6.07) is 7.97. The lowest BCUT2D eigenvalue weighted by molar-refractivity contribution is -0.154. The second-order valence-corrected chi connectivity index (χ2v) is 6.28. The summed E-state index contributed by atoms with van der Waals surface area (Å²) in [5, 5.41) is -0.720. The maximum absolute atomic E-state index is 11.9. The molecule has 0 aliphatic heterocycles. The summed E-state index contributed by atoms with van der Waals surface area (Å²) >= 11 is 6.19. The number of carbonyl (C=O) groups is 1. The number of carbonyl (C=O) groups excluding carboxylic acids is 1. The molecule has 1 atom stereocenters. The zero-order valence-corrected chi connectivity index (χ0v) is 11.8. The van der Waals surface area contributed by atoms with Gasteiger partial charge in [0, 0.05) is 0 Å². The molecule has 0 saturated heterocycles. The minimum atomic E-state index is -0.720. The lowest BCUT2D eigenvalue weighted by atomic mass is 10.0. The van der Waals surface area contributed by atoms with Gasteiger partial charge in [0.05, 0.1) is 0 Å². The fourth-order valence-corrected chi connectivity index (χ4v) is 2.06. The van der Waals surface area contributed by atoms with E-state index in [1.807, 2.05) is 39.0 Å². The Hall–Kier alpha value is -1.02. The van der Waals surface area contributed by atoms with Gasteiger partial charge in [-0.15, -0.1) is 11.6 Å². The van der Waals surface area contributed by atoms with Crippen molar-refractivity contribution >= 4 is 17.6 Å². The van der Waals surface area contributed by atoms with Gasteiger partial charge in [-0.2, -0.15) is 0 Å². The molecule has 1 fully saturated rings. The van der Waals surface area contributed by atoms with Crippen molar-refractivity contribution in [2.75, 3.05) is 0 Å². The Morgan fingerprint density at radius 2 is 2.06 bits per heavy atom. The normalized spacial score (nSPS) is 17.3. The van der Waals surface area contributed by atoms with E-state index in [2.05, 4.69) is 6.07 Å². The van der Waals surface area contributed by atoms with Crippen molar-refractivity contribution in [3.8, 4) is 0 Å². The van der Waals surface area contributed by atoms with E-state index < -0.39 is 11.0 Å². The van der Waals surface area contributed by atoms with E-state index >= 15 is 0 Å². The SMILES string of the molecule is CC(C)(C)OC(=O)C(Cl)c1cccc(C2CC2)c1. The standard InChI is InChI=1S/C15H19ClO2/c1-15(2,3)18-14(17)13(16)12-6-4-5-11(9-12)10-7-8-10/h4-6,9-10,13H,7-8H2,1-3H3. The highest BCUT2D eigenvalue weighted by molar-refractivity contribution is 6.30. The summed E-state index contributed by atoms with van der Waals surface area (Å²) in [5.74, 6) is 0.282. The van der Waals surface area contributed by atoms with Gasteiger partial charge in [-0.05, 0) is 50.7 Å². The van der Waals surface area contributed by atoms with Crippen molar-refractivity contribution in [3.05, 3.63) is 35.4 Å². The Kier molecular flexibility index (Phi) is 3.67.